The fraction of sp³-hybridized carbons (Fsp3) is 0.118. The molecule has 0 saturated carbocycles. The van der Waals surface area contributed by atoms with Crippen molar-refractivity contribution in [1.82, 2.24) is 10.7 Å². The summed E-state index contributed by atoms with van der Waals surface area (Å²) in [6.45, 7) is -0.0842. The lowest BCUT2D eigenvalue weighted by atomic mass is 9.92. The Morgan fingerprint density at radius 2 is 1.77 bits per heavy atom. The lowest BCUT2D eigenvalue weighted by Crippen LogP contribution is -2.59. The molecule has 26 heavy (non-hydrogen) atoms. The molecular formula is C17H11Cl2FN4O2. The molecule has 2 aromatic rings. The van der Waals surface area contributed by atoms with Crippen LogP contribution in [-0.2, 0) is 4.79 Å². The quantitative estimate of drug-likeness (QED) is 0.838. The van der Waals surface area contributed by atoms with Crippen LogP contribution in [0.3, 0.4) is 0 Å². The van der Waals surface area contributed by atoms with Gasteiger partial charge in [-0.3, -0.25) is 10.1 Å². The fourth-order valence-electron chi connectivity index (χ4n) is 2.59. The molecule has 1 atom stereocenters. The third kappa shape index (κ3) is 3.48. The summed E-state index contributed by atoms with van der Waals surface area (Å²) in [5.41, 5.74) is 3.83. The van der Waals surface area contributed by atoms with E-state index in [0.29, 0.717) is 16.8 Å². The lowest BCUT2D eigenvalue weighted by molar-refractivity contribution is -0.119. The van der Waals surface area contributed by atoms with Crippen LogP contribution in [0, 0.1) is 17.1 Å². The first-order valence-electron chi connectivity index (χ1n) is 7.42. The van der Waals surface area contributed by atoms with Gasteiger partial charge in [0.05, 0.1) is 24.2 Å². The first kappa shape index (κ1) is 18.1. The van der Waals surface area contributed by atoms with E-state index in [-0.39, 0.29) is 16.6 Å². The highest BCUT2D eigenvalue weighted by molar-refractivity contribution is 6.36. The maximum absolute atomic E-state index is 13.1. The number of rotatable bonds is 3. The van der Waals surface area contributed by atoms with Crippen molar-refractivity contribution in [3.63, 3.8) is 0 Å². The maximum atomic E-state index is 13.1. The molecule has 6 nitrogen and oxygen atoms in total. The number of nitrogens with one attached hydrogen (secondary N) is 2. The molecule has 132 valence electrons. The molecule has 0 spiro atoms. The number of anilines is 1. The molecule has 1 aliphatic heterocycles. The second-order valence-corrected chi connectivity index (χ2v) is 6.27. The van der Waals surface area contributed by atoms with Crippen molar-refractivity contribution in [1.29, 1.82) is 5.26 Å². The molecule has 3 amide bonds. The van der Waals surface area contributed by atoms with Gasteiger partial charge in [0.2, 0.25) is 5.91 Å². The van der Waals surface area contributed by atoms with E-state index in [0.717, 1.165) is 5.01 Å². The van der Waals surface area contributed by atoms with E-state index in [4.69, 9.17) is 23.2 Å². The number of nitrogens with zero attached hydrogens (tertiary/aromatic N) is 2. The largest absolute Gasteiger partial charge is 0.343 e. The highest BCUT2D eigenvalue weighted by Crippen LogP contribution is 2.38. The average Bonchev–Trinajstić information content (AvgIpc) is 2.59. The molecule has 1 aliphatic rings. The van der Waals surface area contributed by atoms with E-state index in [1.165, 1.54) is 36.4 Å². The summed E-state index contributed by atoms with van der Waals surface area (Å²) < 4.78 is 13.1. The molecule has 1 fully saturated rings. The number of hydrogen-bond donors (Lipinski definition) is 2. The number of amides is 3. The van der Waals surface area contributed by atoms with Gasteiger partial charge in [0, 0.05) is 15.6 Å². The van der Waals surface area contributed by atoms with E-state index in [1.54, 1.807) is 0 Å². The van der Waals surface area contributed by atoms with Crippen molar-refractivity contribution in [3.05, 3.63) is 63.4 Å². The molecule has 3 rings (SSSR count). The van der Waals surface area contributed by atoms with Crippen LogP contribution in [0.25, 0.3) is 0 Å². The van der Waals surface area contributed by atoms with Gasteiger partial charge in [-0.15, -0.1) is 0 Å². The van der Waals surface area contributed by atoms with Gasteiger partial charge in [-0.1, -0.05) is 35.3 Å². The summed E-state index contributed by atoms with van der Waals surface area (Å²) in [7, 11) is 0. The number of nitriles is 1. The Kier molecular flexibility index (Phi) is 5.09. The number of imide groups is 1. The van der Waals surface area contributed by atoms with Crippen molar-refractivity contribution < 1.29 is 14.0 Å². The SMILES string of the molecule is N#CC(c1ccc(F)cc1)c1c(Cl)cc(N2NCC(=O)NC2=O)cc1Cl. The fourth-order valence-corrected chi connectivity index (χ4v) is 3.28. The number of hydrogen-bond acceptors (Lipinski definition) is 4. The Morgan fingerprint density at radius 1 is 1.15 bits per heavy atom. The Labute approximate surface area is 158 Å². The predicted molar refractivity (Wildman–Crippen MR) is 94.3 cm³/mol. The van der Waals surface area contributed by atoms with E-state index in [1.807, 2.05) is 0 Å². The summed E-state index contributed by atoms with van der Waals surface area (Å²) in [5.74, 6) is -1.69. The van der Waals surface area contributed by atoms with E-state index in [2.05, 4.69) is 16.8 Å². The third-order valence-corrected chi connectivity index (χ3v) is 4.42. The standard InChI is InChI=1S/C17H11Cl2FN4O2/c18-13-5-11(24-17(26)23-15(25)8-22-24)6-14(19)16(13)12(7-21)9-1-3-10(20)4-2-9/h1-6,12,22H,8H2,(H,23,25,26). The number of carbonyl (C=O) groups excluding carboxylic acids is 2. The Bertz CT molecular complexity index is 904. The molecule has 2 aromatic carbocycles. The topological polar surface area (TPSA) is 85.2 Å². The first-order chi connectivity index (χ1) is 12.4. The minimum absolute atomic E-state index is 0.0842. The van der Waals surface area contributed by atoms with Crippen LogP contribution >= 0.6 is 23.2 Å². The van der Waals surface area contributed by atoms with Crippen LogP contribution in [0.5, 0.6) is 0 Å². The molecule has 0 aromatic heterocycles. The minimum Gasteiger partial charge on any atom is -0.275 e. The van der Waals surface area contributed by atoms with Gasteiger partial charge in [-0.25, -0.2) is 19.6 Å². The summed E-state index contributed by atoms with van der Waals surface area (Å²) in [6.07, 6.45) is 0. The zero-order valence-electron chi connectivity index (χ0n) is 13.1. The molecule has 9 heteroatoms. The smallest absolute Gasteiger partial charge is 0.275 e. The minimum atomic E-state index is -0.811. The normalized spacial score (nSPS) is 15.4. The number of carbonyl (C=O) groups is 2. The van der Waals surface area contributed by atoms with Gasteiger partial charge >= 0.3 is 6.03 Å². The summed E-state index contributed by atoms with van der Waals surface area (Å²) in [4.78, 5) is 23.1. The van der Waals surface area contributed by atoms with Gasteiger partial charge in [-0.2, -0.15) is 5.26 Å². The summed E-state index contributed by atoms with van der Waals surface area (Å²) in [6, 6.07) is 9.80. The second-order valence-electron chi connectivity index (χ2n) is 5.46. The zero-order chi connectivity index (χ0) is 18.8. The zero-order valence-corrected chi connectivity index (χ0v) is 14.6. The highest BCUT2D eigenvalue weighted by Gasteiger charge is 2.27. The van der Waals surface area contributed by atoms with Crippen LogP contribution in [0.1, 0.15) is 17.0 Å². The molecule has 0 bridgehead atoms. The van der Waals surface area contributed by atoms with Crippen molar-refractivity contribution in [2.45, 2.75) is 5.92 Å². The Morgan fingerprint density at radius 3 is 2.31 bits per heavy atom. The molecule has 1 unspecified atom stereocenters. The van der Waals surface area contributed by atoms with E-state index >= 15 is 0 Å². The number of halogens is 3. The maximum Gasteiger partial charge on any atom is 0.343 e. The predicted octanol–water partition coefficient (Wildman–Crippen LogP) is 3.35. The van der Waals surface area contributed by atoms with Gasteiger partial charge < -0.3 is 0 Å². The van der Waals surface area contributed by atoms with Gasteiger partial charge in [0.15, 0.2) is 0 Å². The molecule has 0 aliphatic carbocycles. The van der Waals surface area contributed by atoms with Crippen molar-refractivity contribution in [2.75, 3.05) is 11.6 Å². The summed E-state index contributed by atoms with van der Waals surface area (Å²) in [5, 5.41) is 13.1. The van der Waals surface area contributed by atoms with Crippen LogP contribution in [0.15, 0.2) is 36.4 Å². The Balaban J connectivity index is 1.99. The van der Waals surface area contributed by atoms with Crippen molar-refractivity contribution >= 4 is 40.8 Å². The summed E-state index contributed by atoms with van der Waals surface area (Å²) >= 11 is 12.6. The van der Waals surface area contributed by atoms with Crippen LogP contribution in [0.2, 0.25) is 10.0 Å². The average molecular weight is 393 g/mol. The number of benzene rings is 2. The Hall–Kier alpha value is -2.66. The molecule has 1 heterocycles. The van der Waals surface area contributed by atoms with Crippen LogP contribution in [0.4, 0.5) is 14.9 Å². The van der Waals surface area contributed by atoms with Crippen molar-refractivity contribution in [2.24, 2.45) is 0 Å². The number of hydrazine groups is 1. The third-order valence-electron chi connectivity index (χ3n) is 3.79. The molecule has 2 N–H and O–H groups in total. The van der Waals surface area contributed by atoms with Gasteiger partial charge in [0.25, 0.3) is 0 Å². The van der Waals surface area contributed by atoms with Gasteiger partial charge in [0.1, 0.15) is 5.82 Å². The highest BCUT2D eigenvalue weighted by atomic mass is 35.5. The number of urea groups is 1. The molecule has 1 saturated heterocycles. The lowest BCUT2D eigenvalue weighted by Gasteiger charge is -2.28. The second kappa shape index (κ2) is 7.30. The molecule has 0 radical (unpaired) electrons. The first-order valence-corrected chi connectivity index (χ1v) is 8.17. The van der Waals surface area contributed by atoms with Gasteiger partial charge in [-0.05, 0) is 29.8 Å². The van der Waals surface area contributed by atoms with E-state index < -0.39 is 23.7 Å². The molecular weight excluding hydrogens is 382 g/mol. The van der Waals surface area contributed by atoms with Crippen LogP contribution < -0.4 is 15.8 Å². The monoisotopic (exact) mass is 392 g/mol. The van der Waals surface area contributed by atoms with Crippen molar-refractivity contribution in [3.8, 4) is 6.07 Å². The van der Waals surface area contributed by atoms with Crippen LogP contribution in [-0.4, -0.2) is 18.5 Å². The van der Waals surface area contributed by atoms with E-state index in [9.17, 15) is 19.2 Å².